The van der Waals surface area contributed by atoms with Gasteiger partial charge in [-0.25, -0.2) is 0 Å². The Kier molecular flexibility index (Phi) is 3.87. The van der Waals surface area contributed by atoms with E-state index in [9.17, 15) is 4.79 Å². The van der Waals surface area contributed by atoms with E-state index in [1.165, 1.54) is 6.42 Å². The van der Waals surface area contributed by atoms with Gasteiger partial charge in [0, 0.05) is 30.5 Å². The van der Waals surface area contributed by atoms with Crippen LogP contribution < -0.4 is 10.6 Å². The van der Waals surface area contributed by atoms with Gasteiger partial charge in [0.05, 0.1) is 11.0 Å². The molecule has 20 heavy (non-hydrogen) atoms. The van der Waals surface area contributed by atoms with Gasteiger partial charge in [0.1, 0.15) is 0 Å². The van der Waals surface area contributed by atoms with Crippen LogP contribution in [-0.4, -0.2) is 35.0 Å². The number of nitrogens with one attached hydrogen (secondary N) is 2. The average Bonchev–Trinajstić information content (AvgIpc) is 2.75. The molecule has 5 nitrogen and oxygen atoms in total. The van der Waals surface area contributed by atoms with Gasteiger partial charge in [-0.05, 0) is 37.6 Å². The number of amides is 1. The minimum Gasteiger partial charge on any atom is -0.348 e. The van der Waals surface area contributed by atoms with Crippen molar-refractivity contribution >= 4 is 16.9 Å². The molecule has 1 amide bonds. The number of hydrogen-bond acceptors (Lipinski definition) is 4. The number of carbonyl (C=O) groups is 1. The molecule has 0 aliphatic carbocycles. The molecule has 1 aliphatic heterocycles. The third-order valence-electron chi connectivity index (χ3n) is 3.61. The van der Waals surface area contributed by atoms with Crippen LogP contribution in [-0.2, 0) is 0 Å². The van der Waals surface area contributed by atoms with Gasteiger partial charge >= 0.3 is 0 Å². The lowest BCUT2D eigenvalue weighted by Crippen LogP contribution is -2.40. The SMILES string of the molecule is O=C(NC1CCCCNC1)c1ccc2nccnc2c1. The summed E-state index contributed by atoms with van der Waals surface area (Å²) in [4.78, 5) is 20.7. The van der Waals surface area contributed by atoms with Crippen LogP contribution in [0.25, 0.3) is 11.0 Å². The van der Waals surface area contributed by atoms with Crippen molar-refractivity contribution < 1.29 is 4.79 Å². The molecule has 2 heterocycles. The highest BCUT2D eigenvalue weighted by molar-refractivity contribution is 5.97. The monoisotopic (exact) mass is 270 g/mol. The predicted molar refractivity (Wildman–Crippen MR) is 77.5 cm³/mol. The molecule has 1 saturated heterocycles. The van der Waals surface area contributed by atoms with Crippen molar-refractivity contribution in [3.63, 3.8) is 0 Å². The van der Waals surface area contributed by atoms with E-state index in [-0.39, 0.29) is 11.9 Å². The van der Waals surface area contributed by atoms with Crippen LogP contribution in [0.4, 0.5) is 0 Å². The van der Waals surface area contributed by atoms with Gasteiger partial charge in [0.25, 0.3) is 5.91 Å². The average molecular weight is 270 g/mol. The van der Waals surface area contributed by atoms with Crippen LogP contribution in [0.1, 0.15) is 29.6 Å². The molecule has 2 aromatic rings. The number of nitrogens with zero attached hydrogens (tertiary/aromatic N) is 2. The summed E-state index contributed by atoms with van der Waals surface area (Å²) in [5, 5.41) is 6.44. The Bertz CT molecular complexity index is 606. The summed E-state index contributed by atoms with van der Waals surface area (Å²) in [6.45, 7) is 1.89. The highest BCUT2D eigenvalue weighted by Gasteiger charge is 2.15. The maximum atomic E-state index is 12.3. The van der Waals surface area contributed by atoms with Gasteiger partial charge < -0.3 is 10.6 Å². The summed E-state index contributed by atoms with van der Waals surface area (Å²) in [7, 11) is 0. The molecule has 1 aromatic heterocycles. The predicted octanol–water partition coefficient (Wildman–Crippen LogP) is 1.50. The van der Waals surface area contributed by atoms with Crippen LogP contribution >= 0.6 is 0 Å². The molecule has 1 unspecified atom stereocenters. The summed E-state index contributed by atoms with van der Waals surface area (Å²) < 4.78 is 0. The second kappa shape index (κ2) is 5.96. The summed E-state index contributed by atoms with van der Waals surface area (Å²) in [6.07, 6.45) is 6.66. The Morgan fingerprint density at radius 2 is 2.05 bits per heavy atom. The van der Waals surface area contributed by atoms with Crippen molar-refractivity contribution in [3.8, 4) is 0 Å². The molecule has 1 aromatic carbocycles. The number of hydrogen-bond donors (Lipinski definition) is 2. The van der Waals surface area contributed by atoms with E-state index in [4.69, 9.17) is 0 Å². The molecule has 1 atom stereocenters. The molecule has 0 bridgehead atoms. The molecule has 0 spiro atoms. The van der Waals surface area contributed by atoms with Crippen molar-refractivity contribution in [2.45, 2.75) is 25.3 Å². The number of aromatic nitrogens is 2. The summed E-state index contributed by atoms with van der Waals surface area (Å²) in [5.41, 5.74) is 2.20. The van der Waals surface area contributed by atoms with Crippen molar-refractivity contribution in [1.29, 1.82) is 0 Å². The molecule has 3 rings (SSSR count). The van der Waals surface area contributed by atoms with Crippen LogP contribution in [0.3, 0.4) is 0 Å². The van der Waals surface area contributed by atoms with Gasteiger partial charge in [-0.2, -0.15) is 0 Å². The third kappa shape index (κ3) is 2.93. The lowest BCUT2D eigenvalue weighted by atomic mass is 10.1. The number of rotatable bonds is 2. The Balaban J connectivity index is 1.74. The lowest BCUT2D eigenvalue weighted by Gasteiger charge is -2.16. The zero-order valence-corrected chi connectivity index (χ0v) is 11.3. The molecular weight excluding hydrogens is 252 g/mol. The van der Waals surface area contributed by atoms with Crippen LogP contribution in [0.15, 0.2) is 30.6 Å². The number of benzene rings is 1. The largest absolute Gasteiger partial charge is 0.348 e. The molecule has 0 saturated carbocycles. The fourth-order valence-electron chi connectivity index (χ4n) is 2.52. The Hall–Kier alpha value is -2.01. The van der Waals surface area contributed by atoms with E-state index in [0.717, 1.165) is 37.0 Å². The van der Waals surface area contributed by atoms with E-state index in [2.05, 4.69) is 20.6 Å². The molecule has 0 radical (unpaired) electrons. The van der Waals surface area contributed by atoms with E-state index < -0.39 is 0 Å². The molecule has 5 heteroatoms. The highest BCUT2D eigenvalue weighted by atomic mass is 16.1. The fraction of sp³-hybridized carbons (Fsp3) is 0.400. The minimum absolute atomic E-state index is 0.0359. The molecular formula is C15H18N4O. The standard InChI is InChI=1S/C15H18N4O/c20-15(19-12-3-1-2-6-16-10-12)11-4-5-13-14(9-11)18-8-7-17-13/h4-5,7-9,12,16H,1-3,6,10H2,(H,19,20). The lowest BCUT2D eigenvalue weighted by molar-refractivity contribution is 0.0935. The first-order valence-corrected chi connectivity index (χ1v) is 7.05. The Morgan fingerprint density at radius 3 is 2.95 bits per heavy atom. The fourth-order valence-corrected chi connectivity index (χ4v) is 2.52. The maximum absolute atomic E-state index is 12.3. The first-order chi connectivity index (χ1) is 9.83. The molecule has 104 valence electrons. The van der Waals surface area contributed by atoms with Gasteiger partial charge in [-0.1, -0.05) is 6.42 Å². The Morgan fingerprint density at radius 1 is 1.20 bits per heavy atom. The number of carbonyl (C=O) groups excluding carboxylic acids is 1. The van der Waals surface area contributed by atoms with Crippen LogP contribution in [0.2, 0.25) is 0 Å². The van der Waals surface area contributed by atoms with E-state index in [1.54, 1.807) is 24.5 Å². The van der Waals surface area contributed by atoms with Crippen molar-refractivity contribution in [1.82, 2.24) is 20.6 Å². The second-order valence-corrected chi connectivity index (χ2v) is 5.13. The first kappa shape index (κ1) is 13.0. The highest BCUT2D eigenvalue weighted by Crippen LogP contribution is 2.12. The Labute approximate surface area is 117 Å². The molecule has 1 aliphatic rings. The zero-order chi connectivity index (χ0) is 13.8. The number of fused-ring (bicyclic) bond motifs is 1. The van der Waals surface area contributed by atoms with Crippen LogP contribution in [0.5, 0.6) is 0 Å². The van der Waals surface area contributed by atoms with E-state index in [0.29, 0.717) is 5.56 Å². The van der Waals surface area contributed by atoms with Crippen molar-refractivity contribution in [3.05, 3.63) is 36.2 Å². The molecule has 2 N–H and O–H groups in total. The van der Waals surface area contributed by atoms with Gasteiger partial charge in [-0.15, -0.1) is 0 Å². The van der Waals surface area contributed by atoms with Crippen molar-refractivity contribution in [2.24, 2.45) is 0 Å². The van der Waals surface area contributed by atoms with Crippen LogP contribution in [0, 0.1) is 0 Å². The van der Waals surface area contributed by atoms with Gasteiger partial charge in [0.2, 0.25) is 0 Å². The zero-order valence-electron chi connectivity index (χ0n) is 11.3. The van der Waals surface area contributed by atoms with Gasteiger partial charge in [0.15, 0.2) is 0 Å². The van der Waals surface area contributed by atoms with Gasteiger partial charge in [-0.3, -0.25) is 14.8 Å². The summed E-state index contributed by atoms with van der Waals surface area (Å²) in [5.74, 6) is -0.0359. The topological polar surface area (TPSA) is 66.9 Å². The normalized spacial score (nSPS) is 19.5. The van der Waals surface area contributed by atoms with E-state index >= 15 is 0 Å². The quantitative estimate of drug-likeness (QED) is 0.868. The smallest absolute Gasteiger partial charge is 0.251 e. The van der Waals surface area contributed by atoms with E-state index in [1.807, 2.05) is 6.07 Å². The first-order valence-electron chi connectivity index (χ1n) is 7.05. The molecule has 1 fully saturated rings. The second-order valence-electron chi connectivity index (χ2n) is 5.13. The maximum Gasteiger partial charge on any atom is 0.251 e. The summed E-state index contributed by atoms with van der Waals surface area (Å²) >= 11 is 0. The summed E-state index contributed by atoms with van der Waals surface area (Å²) in [6, 6.07) is 5.64. The third-order valence-corrected chi connectivity index (χ3v) is 3.61. The van der Waals surface area contributed by atoms with Crippen molar-refractivity contribution in [2.75, 3.05) is 13.1 Å². The minimum atomic E-state index is -0.0359.